The summed E-state index contributed by atoms with van der Waals surface area (Å²) in [5.41, 5.74) is 1.29. The van der Waals surface area contributed by atoms with Gasteiger partial charge in [0, 0.05) is 5.25 Å². The Morgan fingerprint density at radius 1 is 1.18 bits per heavy atom. The molecule has 2 unspecified atom stereocenters. The molecule has 1 amide bonds. The van der Waals surface area contributed by atoms with Crippen LogP contribution in [0.2, 0.25) is 5.02 Å². The molecule has 0 bridgehead atoms. The van der Waals surface area contributed by atoms with Crippen LogP contribution in [0.5, 0.6) is 0 Å². The monoisotopic (exact) mass is 438 g/mol. The molecule has 0 saturated carbocycles. The predicted octanol–water partition coefficient (Wildman–Crippen LogP) is 3.32. The first kappa shape index (κ1) is 19.4. The number of amides is 1. The Balaban J connectivity index is 1.65. The zero-order valence-electron chi connectivity index (χ0n) is 14.6. The minimum absolute atomic E-state index is 0.00105. The van der Waals surface area contributed by atoms with Crippen LogP contribution in [0.3, 0.4) is 0 Å². The predicted molar refractivity (Wildman–Crippen MR) is 110 cm³/mol. The number of amidine groups is 1. The number of benzene rings is 2. The summed E-state index contributed by atoms with van der Waals surface area (Å²) in [7, 11) is -3.14. The van der Waals surface area contributed by atoms with E-state index in [2.05, 4.69) is 4.99 Å². The molecule has 9 heteroatoms. The molecule has 4 rings (SSSR count). The summed E-state index contributed by atoms with van der Waals surface area (Å²) >= 11 is 7.63. The average molecular weight is 439 g/mol. The van der Waals surface area contributed by atoms with Crippen molar-refractivity contribution < 1.29 is 17.6 Å². The van der Waals surface area contributed by atoms with Crippen molar-refractivity contribution in [1.82, 2.24) is 0 Å². The zero-order chi connectivity index (χ0) is 19.9. The number of carbonyl (C=O) groups excluding carboxylic acids is 1. The summed E-state index contributed by atoms with van der Waals surface area (Å²) in [4.78, 5) is 18.5. The molecule has 2 fully saturated rings. The molecular weight excluding hydrogens is 423 g/mol. The van der Waals surface area contributed by atoms with Crippen LogP contribution in [0.4, 0.5) is 10.1 Å². The SMILES string of the molecule is O=C(Cc1ccc(F)cc1)N=C1SC2CS(=O)(=O)CC2N1c1ccccc1Cl. The molecule has 2 atom stereocenters. The maximum Gasteiger partial charge on any atom is 0.252 e. The maximum atomic E-state index is 13.0. The summed E-state index contributed by atoms with van der Waals surface area (Å²) in [5, 5.41) is 0.718. The first-order valence-corrected chi connectivity index (χ1v) is 11.7. The summed E-state index contributed by atoms with van der Waals surface area (Å²) in [6, 6.07) is 12.5. The first-order chi connectivity index (χ1) is 13.3. The fourth-order valence-electron chi connectivity index (χ4n) is 3.42. The normalized spacial score (nSPS) is 24.5. The molecule has 5 nitrogen and oxygen atoms in total. The number of sulfone groups is 1. The molecule has 2 aliphatic rings. The van der Waals surface area contributed by atoms with E-state index >= 15 is 0 Å². The Morgan fingerprint density at radius 2 is 1.89 bits per heavy atom. The number of anilines is 1. The van der Waals surface area contributed by atoms with Gasteiger partial charge in [-0.1, -0.05) is 47.6 Å². The standard InChI is InChI=1S/C19H16ClFN2O3S2/c20-14-3-1-2-4-15(14)23-16-10-28(25,26)11-17(16)27-19(23)22-18(24)9-12-5-7-13(21)8-6-12/h1-8,16-17H,9-11H2. The minimum Gasteiger partial charge on any atom is -0.314 e. The number of fused-ring (bicyclic) bond motifs is 1. The second kappa shape index (κ2) is 7.50. The number of carbonyl (C=O) groups is 1. The fourth-order valence-corrected chi connectivity index (χ4v) is 7.57. The van der Waals surface area contributed by atoms with Crippen molar-refractivity contribution in [2.75, 3.05) is 16.4 Å². The highest BCUT2D eigenvalue weighted by Gasteiger charge is 2.49. The molecule has 146 valence electrons. The molecule has 0 spiro atoms. The third kappa shape index (κ3) is 3.94. The molecular formula is C19H16ClFN2O3S2. The van der Waals surface area contributed by atoms with E-state index in [4.69, 9.17) is 11.6 Å². The van der Waals surface area contributed by atoms with Crippen LogP contribution >= 0.6 is 23.4 Å². The highest BCUT2D eigenvalue weighted by molar-refractivity contribution is 8.16. The van der Waals surface area contributed by atoms with Gasteiger partial charge in [0.25, 0.3) is 5.91 Å². The second-order valence-corrected chi connectivity index (χ2v) is 10.5. The number of hydrogen-bond donors (Lipinski definition) is 0. The highest BCUT2D eigenvalue weighted by atomic mass is 35.5. The number of thioether (sulfide) groups is 1. The van der Waals surface area contributed by atoms with Crippen molar-refractivity contribution in [3.8, 4) is 0 Å². The molecule has 0 radical (unpaired) electrons. The van der Waals surface area contributed by atoms with Gasteiger partial charge in [-0.25, -0.2) is 12.8 Å². The number of halogens is 2. The lowest BCUT2D eigenvalue weighted by molar-refractivity contribution is -0.117. The van der Waals surface area contributed by atoms with Crippen molar-refractivity contribution in [3.05, 3.63) is 64.9 Å². The van der Waals surface area contributed by atoms with E-state index in [1.807, 2.05) is 0 Å². The van der Waals surface area contributed by atoms with Crippen molar-refractivity contribution in [3.63, 3.8) is 0 Å². The Hall–Kier alpha value is -1.90. The lowest BCUT2D eigenvalue weighted by atomic mass is 10.1. The maximum absolute atomic E-state index is 13.0. The first-order valence-electron chi connectivity index (χ1n) is 8.59. The Kier molecular flexibility index (Phi) is 5.20. The van der Waals surface area contributed by atoms with E-state index < -0.39 is 9.84 Å². The van der Waals surface area contributed by atoms with Crippen molar-refractivity contribution in [2.45, 2.75) is 17.7 Å². The van der Waals surface area contributed by atoms with E-state index in [-0.39, 0.29) is 40.9 Å². The van der Waals surface area contributed by atoms with Gasteiger partial charge in [0.1, 0.15) is 5.82 Å². The molecule has 28 heavy (non-hydrogen) atoms. The number of nitrogens with zero attached hydrogens (tertiary/aromatic N) is 2. The van der Waals surface area contributed by atoms with Gasteiger partial charge in [0.15, 0.2) is 15.0 Å². The summed E-state index contributed by atoms with van der Waals surface area (Å²) in [6.07, 6.45) is 0.0360. The molecule has 2 saturated heterocycles. The smallest absolute Gasteiger partial charge is 0.252 e. The molecule has 0 aromatic heterocycles. The summed E-state index contributed by atoms with van der Waals surface area (Å²) in [6.45, 7) is 0. The molecule has 2 aliphatic heterocycles. The van der Waals surface area contributed by atoms with Crippen LogP contribution in [0.1, 0.15) is 5.56 Å². The third-order valence-corrected chi connectivity index (χ3v) is 8.20. The Morgan fingerprint density at radius 3 is 2.61 bits per heavy atom. The Bertz CT molecular complexity index is 1060. The van der Waals surface area contributed by atoms with E-state index in [9.17, 15) is 17.6 Å². The van der Waals surface area contributed by atoms with Gasteiger partial charge in [-0.3, -0.25) is 4.79 Å². The number of aliphatic imine (C=N–C) groups is 1. The van der Waals surface area contributed by atoms with Gasteiger partial charge in [0.2, 0.25) is 0 Å². The second-order valence-electron chi connectivity index (χ2n) is 6.71. The molecule has 2 aromatic rings. The Labute approximate surface area is 171 Å². The van der Waals surface area contributed by atoms with E-state index in [0.29, 0.717) is 21.4 Å². The van der Waals surface area contributed by atoms with Crippen LogP contribution in [0.15, 0.2) is 53.5 Å². The van der Waals surface area contributed by atoms with E-state index in [1.54, 1.807) is 41.3 Å². The lowest BCUT2D eigenvalue weighted by Crippen LogP contribution is -2.38. The fraction of sp³-hybridized carbons (Fsp3) is 0.263. The van der Waals surface area contributed by atoms with Gasteiger partial charge >= 0.3 is 0 Å². The lowest BCUT2D eigenvalue weighted by Gasteiger charge is -2.25. The van der Waals surface area contributed by atoms with Crippen molar-refractivity contribution in [2.24, 2.45) is 4.99 Å². The summed E-state index contributed by atoms with van der Waals surface area (Å²) in [5.74, 6) is -0.697. The number of para-hydroxylation sites is 1. The van der Waals surface area contributed by atoms with Gasteiger partial charge in [-0.2, -0.15) is 4.99 Å². The number of hydrogen-bond acceptors (Lipinski definition) is 4. The molecule has 2 aromatic carbocycles. The third-order valence-electron chi connectivity index (χ3n) is 4.67. The van der Waals surface area contributed by atoms with E-state index in [0.717, 1.165) is 0 Å². The van der Waals surface area contributed by atoms with Crippen LogP contribution < -0.4 is 4.90 Å². The van der Waals surface area contributed by atoms with Gasteiger partial charge in [-0.15, -0.1) is 0 Å². The van der Waals surface area contributed by atoms with Crippen molar-refractivity contribution >= 4 is 50.0 Å². The number of rotatable bonds is 3. The van der Waals surface area contributed by atoms with Crippen molar-refractivity contribution in [1.29, 1.82) is 0 Å². The topological polar surface area (TPSA) is 66.8 Å². The van der Waals surface area contributed by atoms with Gasteiger partial charge in [0.05, 0.1) is 34.7 Å². The van der Waals surface area contributed by atoms with Gasteiger partial charge in [-0.05, 0) is 29.8 Å². The highest BCUT2D eigenvalue weighted by Crippen LogP contribution is 2.42. The van der Waals surface area contributed by atoms with Crippen LogP contribution in [0.25, 0.3) is 0 Å². The molecule has 0 aliphatic carbocycles. The van der Waals surface area contributed by atoms with Crippen LogP contribution in [0, 0.1) is 5.82 Å². The van der Waals surface area contributed by atoms with Crippen LogP contribution in [-0.4, -0.2) is 42.3 Å². The molecule has 2 heterocycles. The van der Waals surface area contributed by atoms with Crippen LogP contribution in [-0.2, 0) is 21.1 Å². The zero-order valence-corrected chi connectivity index (χ0v) is 17.0. The quantitative estimate of drug-likeness (QED) is 0.735. The van der Waals surface area contributed by atoms with E-state index in [1.165, 1.54) is 23.9 Å². The largest absolute Gasteiger partial charge is 0.314 e. The average Bonchev–Trinajstić information content (AvgIpc) is 3.08. The minimum atomic E-state index is -3.14. The summed E-state index contributed by atoms with van der Waals surface area (Å²) < 4.78 is 37.2. The van der Waals surface area contributed by atoms with Gasteiger partial charge < -0.3 is 4.90 Å². The molecule has 0 N–H and O–H groups in total.